The SMILES string of the molecule is Cc1ccc(S[C@@H]2CN[C@H](C(=O)O)C2)cc1. The van der Waals surface area contributed by atoms with Crippen molar-refractivity contribution >= 4 is 17.7 Å². The molecule has 0 spiro atoms. The van der Waals surface area contributed by atoms with E-state index in [4.69, 9.17) is 5.11 Å². The molecule has 0 aromatic heterocycles. The monoisotopic (exact) mass is 237 g/mol. The zero-order valence-corrected chi connectivity index (χ0v) is 9.96. The smallest absolute Gasteiger partial charge is 0.320 e. The number of carbonyl (C=O) groups is 1. The quantitative estimate of drug-likeness (QED) is 0.843. The first-order valence-corrected chi connectivity index (χ1v) is 6.22. The van der Waals surface area contributed by atoms with Gasteiger partial charge in [0.05, 0.1) is 0 Å². The molecule has 0 aliphatic carbocycles. The van der Waals surface area contributed by atoms with E-state index in [0.29, 0.717) is 11.7 Å². The lowest BCUT2D eigenvalue weighted by Gasteiger charge is -2.08. The van der Waals surface area contributed by atoms with Crippen LogP contribution in [-0.4, -0.2) is 28.9 Å². The van der Waals surface area contributed by atoms with Crippen molar-refractivity contribution in [1.82, 2.24) is 5.32 Å². The van der Waals surface area contributed by atoms with Gasteiger partial charge in [0.1, 0.15) is 6.04 Å². The second kappa shape index (κ2) is 4.89. The number of hydrogen-bond donors (Lipinski definition) is 2. The maximum Gasteiger partial charge on any atom is 0.320 e. The van der Waals surface area contributed by atoms with Crippen LogP contribution in [0.15, 0.2) is 29.2 Å². The number of aliphatic carboxylic acids is 1. The molecule has 1 saturated heterocycles. The Morgan fingerprint density at radius 3 is 2.69 bits per heavy atom. The summed E-state index contributed by atoms with van der Waals surface area (Å²) < 4.78 is 0. The van der Waals surface area contributed by atoms with Crippen LogP contribution in [0.4, 0.5) is 0 Å². The molecule has 1 aromatic rings. The first kappa shape index (κ1) is 11.5. The molecule has 2 atom stereocenters. The van der Waals surface area contributed by atoms with Gasteiger partial charge in [0, 0.05) is 16.7 Å². The van der Waals surface area contributed by atoms with Crippen LogP contribution < -0.4 is 5.32 Å². The molecule has 3 nitrogen and oxygen atoms in total. The number of hydrogen-bond acceptors (Lipinski definition) is 3. The maximum atomic E-state index is 10.8. The molecule has 0 radical (unpaired) electrons. The molecule has 1 aromatic carbocycles. The summed E-state index contributed by atoms with van der Waals surface area (Å²) in [6.07, 6.45) is 0.702. The fraction of sp³-hybridized carbons (Fsp3) is 0.417. The Labute approximate surface area is 99.2 Å². The van der Waals surface area contributed by atoms with Gasteiger partial charge in [0.25, 0.3) is 0 Å². The van der Waals surface area contributed by atoms with Crippen LogP contribution in [-0.2, 0) is 4.79 Å². The Balaban J connectivity index is 1.92. The fourth-order valence-electron chi connectivity index (χ4n) is 1.79. The summed E-state index contributed by atoms with van der Waals surface area (Å²) in [6.45, 7) is 2.83. The highest BCUT2D eigenvalue weighted by molar-refractivity contribution is 8.00. The predicted molar refractivity (Wildman–Crippen MR) is 64.9 cm³/mol. The molecular formula is C12H15NO2S. The first-order valence-electron chi connectivity index (χ1n) is 5.34. The van der Waals surface area contributed by atoms with Gasteiger partial charge in [-0.05, 0) is 25.5 Å². The van der Waals surface area contributed by atoms with E-state index >= 15 is 0 Å². The van der Waals surface area contributed by atoms with E-state index in [9.17, 15) is 4.79 Å². The summed E-state index contributed by atoms with van der Waals surface area (Å²) in [5.74, 6) is -0.744. The van der Waals surface area contributed by atoms with Crippen LogP contribution in [0.2, 0.25) is 0 Å². The van der Waals surface area contributed by atoms with Crippen LogP contribution in [0.1, 0.15) is 12.0 Å². The molecule has 1 fully saturated rings. The number of nitrogens with one attached hydrogen (secondary N) is 1. The second-order valence-electron chi connectivity index (χ2n) is 4.09. The number of carboxylic acid groups (broad SMARTS) is 1. The topological polar surface area (TPSA) is 49.3 Å². The van der Waals surface area contributed by atoms with Crippen molar-refractivity contribution in [2.75, 3.05) is 6.54 Å². The molecule has 1 aliphatic heterocycles. The van der Waals surface area contributed by atoms with Gasteiger partial charge < -0.3 is 10.4 Å². The van der Waals surface area contributed by atoms with Crippen LogP contribution in [0.25, 0.3) is 0 Å². The van der Waals surface area contributed by atoms with Crippen molar-refractivity contribution in [3.8, 4) is 0 Å². The molecule has 86 valence electrons. The summed E-state index contributed by atoms with van der Waals surface area (Å²) in [4.78, 5) is 12.0. The van der Waals surface area contributed by atoms with Gasteiger partial charge in [0.15, 0.2) is 0 Å². The minimum atomic E-state index is -0.744. The third kappa shape index (κ3) is 2.77. The van der Waals surface area contributed by atoms with Crippen molar-refractivity contribution < 1.29 is 9.90 Å². The zero-order valence-electron chi connectivity index (χ0n) is 9.14. The highest BCUT2D eigenvalue weighted by Gasteiger charge is 2.29. The van der Waals surface area contributed by atoms with Gasteiger partial charge in [-0.15, -0.1) is 11.8 Å². The lowest BCUT2D eigenvalue weighted by molar-refractivity contribution is -0.139. The Bertz CT molecular complexity index is 377. The van der Waals surface area contributed by atoms with Crippen molar-refractivity contribution in [1.29, 1.82) is 0 Å². The maximum absolute atomic E-state index is 10.8. The number of carboxylic acids is 1. The van der Waals surface area contributed by atoms with Crippen LogP contribution in [0.3, 0.4) is 0 Å². The van der Waals surface area contributed by atoms with Gasteiger partial charge in [-0.2, -0.15) is 0 Å². The third-order valence-corrected chi connectivity index (χ3v) is 3.95. The summed E-state index contributed by atoms with van der Waals surface area (Å²) in [7, 11) is 0. The normalized spacial score (nSPS) is 24.6. The van der Waals surface area contributed by atoms with Crippen LogP contribution in [0.5, 0.6) is 0 Å². The molecule has 2 rings (SSSR count). The zero-order chi connectivity index (χ0) is 11.5. The number of rotatable bonds is 3. The van der Waals surface area contributed by atoms with E-state index in [1.54, 1.807) is 11.8 Å². The highest BCUT2D eigenvalue weighted by atomic mass is 32.2. The molecule has 0 amide bonds. The summed E-state index contributed by atoms with van der Waals surface area (Å²) >= 11 is 1.76. The Hall–Kier alpha value is -1.00. The summed E-state index contributed by atoms with van der Waals surface area (Å²) in [6, 6.07) is 7.98. The van der Waals surface area contributed by atoms with Crippen LogP contribution >= 0.6 is 11.8 Å². The predicted octanol–water partition coefficient (Wildman–Crippen LogP) is 1.90. The van der Waals surface area contributed by atoms with Crippen molar-refractivity contribution in [3.05, 3.63) is 29.8 Å². The van der Waals surface area contributed by atoms with Gasteiger partial charge in [-0.1, -0.05) is 17.7 Å². The molecule has 0 bridgehead atoms. The molecular weight excluding hydrogens is 222 g/mol. The van der Waals surface area contributed by atoms with E-state index in [0.717, 1.165) is 6.54 Å². The van der Waals surface area contributed by atoms with E-state index in [2.05, 4.69) is 36.5 Å². The minimum Gasteiger partial charge on any atom is -0.480 e. The van der Waals surface area contributed by atoms with Gasteiger partial charge in [-0.3, -0.25) is 4.79 Å². The minimum absolute atomic E-state index is 0.365. The van der Waals surface area contributed by atoms with E-state index in [1.807, 2.05) is 0 Å². The van der Waals surface area contributed by atoms with Crippen molar-refractivity contribution in [2.24, 2.45) is 0 Å². The fourth-order valence-corrected chi connectivity index (χ4v) is 2.94. The Morgan fingerprint density at radius 2 is 2.12 bits per heavy atom. The summed E-state index contributed by atoms with van der Waals surface area (Å²) in [5.41, 5.74) is 1.25. The van der Waals surface area contributed by atoms with E-state index in [1.165, 1.54) is 10.5 Å². The largest absolute Gasteiger partial charge is 0.480 e. The third-order valence-electron chi connectivity index (χ3n) is 2.71. The number of thioether (sulfide) groups is 1. The Morgan fingerprint density at radius 1 is 1.44 bits per heavy atom. The summed E-state index contributed by atoms with van der Waals surface area (Å²) in [5, 5.41) is 12.2. The molecule has 0 unspecified atom stereocenters. The molecule has 0 saturated carbocycles. The number of benzene rings is 1. The average molecular weight is 237 g/mol. The molecule has 1 heterocycles. The molecule has 2 N–H and O–H groups in total. The number of aryl methyl sites for hydroxylation is 1. The molecule has 4 heteroatoms. The van der Waals surface area contributed by atoms with Gasteiger partial charge >= 0.3 is 5.97 Å². The average Bonchev–Trinajstić information content (AvgIpc) is 2.70. The van der Waals surface area contributed by atoms with Crippen LogP contribution in [0, 0.1) is 6.92 Å². The molecule has 16 heavy (non-hydrogen) atoms. The van der Waals surface area contributed by atoms with E-state index < -0.39 is 5.97 Å². The lowest BCUT2D eigenvalue weighted by atomic mass is 10.2. The Kier molecular flexibility index (Phi) is 3.51. The highest BCUT2D eigenvalue weighted by Crippen LogP contribution is 2.28. The standard InChI is InChI=1S/C12H15NO2S/c1-8-2-4-9(5-3-8)16-10-6-11(12(14)15)13-7-10/h2-5,10-11,13H,6-7H2,1H3,(H,14,15)/t10-,11-/m0/s1. The van der Waals surface area contributed by atoms with Crippen molar-refractivity contribution in [3.63, 3.8) is 0 Å². The second-order valence-corrected chi connectivity index (χ2v) is 5.46. The van der Waals surface area contributed by atoms with Gasteiger partial charge in [0.2, 0.25) is 0 Å². The van der Waals surface area contributed by atoms with Gasteiger partial charge in [-0.25, -0.2) is 0 Å². The van der Waals surface area contributed by atoms with E-state index in [-0.39, 0.29) is 6.04 Å². The molecule has 1 aliphatic rings. The first-order chi connectivity index (χ1) is 7.65. The van der Waals surface area contributed by atoms with Crippen molar-refractivity contribution in [2.45, 2.75) is 29.5 Å². The lowest BCUT2D eigenvalue weighted by Crippen LogP contribution is -2.29.